The zero-order valence-electron chi connectivity index (χ0n) is 14.4. The fourth-order valence-corrected chi connectivity index (χ4v) is 3.15. The van der Waals surface area contributed by atoms with Gasteiger partial charge in [0.25, 0.3) is 0 Å². The second kappa shape index (κ2) is 7.52. The Kier molecular flexibility index (Phi) is 4.78. The van der Waals surface area contributed by atoms with Gasteiger partial charge in [-0.15, -0.1) is 0 Å². The Hall–Kier alpha value is -2.95. The standard InChI is InChI=1S/C21H21NO4/c23-21(16-6-2-1-3-7-16)22-17-8-4-5-15(11-17)13-24-18-9-10-19-20(12-18)26-14-25-19/h1-2,4-5,8-12,16H,3,6-7,13-14H2,(H,22,23)/t16-/m0/s1. The molecule has 2 aromatic carbocycles. The van der Waals surface area contributed by atoms with Crippen LogP contribution in [0.4, 0.5) is 5.69 Å². The maximum atomic E-state index is 12.4. The zero-order valence-corrected chi connectivity index (χ0v) is 14.4. The minimum absolute atomic E-state index is 0.0635. The van der Waals surface area contributed by atoms with E-state index >= 15 is 0 Å². The predicted octanol–water partition coefficient (Wildman–Crippen LogP) is 4.29. The van der Waals surface area contributed by atoms with Crippen molar-refractivity contribution in [2.75, 3.05) is 12.1 Å². The minimum atomic E-state index is 0.0635. The van der Waals surface area contributed by atoms with Crippen LogP contribution in [0, 0.1) is 5.92 Å². The predicted molar refractivity (Wildman–Crippen MR) is 98.4 cm³/mol. The van der Waals surface area contributed by atoms with E-state index in [0.717, 1.165) is 42.0 Å². The molecule has 0 saturated carbocycles. The van der Waals surface area contributed by atoms with Crippen molar-refractivity contribution in [3.8, 4) is 17.2 Å². The molecule has 1 atom stereocenters. The van der Waals surface area contributed by atoms with Crippen molar-refractivity contribution < 1.29 is 19.0 Å². The number of nitrogens with one attached hydrogen (secondary N) is 1. The summed E-state index contributed by atoms with van der Waals surface area (Å²) >= 11 is 0. The molecule has 5 nitrogen and oxygen atoms in total. The lowest BCUT2D eigenvalue weighted by atomic mass is 9.93. The molecule has 1 aliphatic carbocycles. The van der Waals surface area contributed by atoms with Crippen molar-refractivity contribution >= 4 is 11.6 Å². The Balaban J connectivity index is 1.36. The van der Waals surface area contributed by atoms with Gasteiger partial charge in [0.05, 0.1) is 0 Å². The third-order valence-corrected chi connectivity index (χ3v) is 4.58. The van der Waals surface area contributed by atoms with E-state index in [9.17, 15) is 4.79 Å². The summed E-state index contributed by atoms with van der Waals surface area (Å²) in [5.41, 5.74) is 1.79. The van der Waals surface area contributed by atoms with Crippen LogP contribution in [0.3, 0.4) is 0 Å². The fourth-order valence-electron chi connectivity index (χ4n) is 3.15. The highest BCUT2D eigenvalue weighted by molar-refractivity contribution is 5.92. The summed E-state index contributed by atoms with van der Waals surface area (Å²) in [7, 11) is 0. The SMILES string of the molecule is O=C(Nc1cccc(COc2ccc3c(c2)OCO3)c1)[C@H]1CC=CCC1. The monoisotopic (exact) mass is 351 g/mol. The number of amides is 1. The highest BCUT2D eigenvalue weighted by Crippen LogP contribution is 2.35. The Bertz CT molecular complexity index is 831. The zero-order chi connectivity index (χ0) is 17.8. The molecule has 0 bridgehead atoms. The molecule has 134 valence electrons. The maximum Gasteiger partial charge on any atom is 0.231 e. The van der Waals surface area contributed by atoms with Crippen molar-refractivity contribution in [2.45, 2.75) is 25.9 Å². The summed E-state index contributed by atoms with van der Waals surface area (Å²) in [6, 6.07) is 13.3. The fraction of sp³-hybridized carbons (Fsp3) is 0.286. The number of carbonyl (C=O) groups is 1. The number of hydrogen-bond acceptors (Lipinski definition) is 4. The summed E-state index contributed by atoms with van der Waals surface area (Å²) in [6.45, 7) is 0.660. The summed E-state index contributed by atoms with van der Waals surface area (Å²) in [6.07, 6.45) is 6.93. The van der Waals surface area contributed by atoms with Crippen LogP contribution >= 0.6 is 0 Å². The molecule has 0 fully saturated rings. The molecule has 1 aliphatic heterocycles. The topological polar surface area (TPSA) is 56.8 Å². The van der Waals surface area contributed by atoms with Gasteiger partial charge < -0.3 is 19.5 Å². The molecular formula is C21H21NO4. The second-order valence-corrected chi connectivity index (χ2v) is 6.47. The number of rotatable bonds is 5. The van der Waals surface area contributed by atoms with Gasteiger partial charge in [0.2, 0.25) is 12.7 Å². The van der Waals surface area contributed by atoms with Crippen molar-refractivity contribution in [3.63, 3.8) is 0 Å². The lowest BCUT2D eigenvalue weighted by Gasteiger charge is -2.17. The van der Waals surface area contributed by atoms with Crippen LogP contribution < -0.4 is 19.5 Å². The van der Waals surface area contributed by atoms with E-state index in [1.165, 1.54) is 0 Å². The van der Waals surface area contributed by atoms with Crippen LogP contribution in [-0.2, 0) is 11.4 Å². The molecule has 1 amide bonds. The van der Waals surface area contributed by atoms with Crippen molar-refractivity contribution in [2.24, 2.45) is 5.92 Å². The van der Waals surface area contributed by atoms with E-state index in [0.29, 0.717) is 12.4 Å². The smallest absolute Gasteiger partial charge is 0.231 e. The third-order valence-electron chi connectivity index (χ3n) is 4.58. The molecule has 2 aromatic rings. The molecule has 0 aromatic heterocycles. The lowest BCUT2D eigenvalue weighted by Crippen LogP contribution is -2.23. The molecule has 4 rings (SSSR count). The normalized spacial score (nSPS) is 17.8. The maximum absolute atomic E-state index is 12.4. The van der Waals surface area contributed by atoms with E-state index in [1.807, 2.05) is 42.5 Å². The first kappa shape index (κ1) is 16.5. The van der Waals surface area contributed by atoms with Gasteiger partial charge in [-0.3, -0.25) is 4.79 Å². The van der Waals surface area contributed by atoms with Gasteiger partial charge in [0, 0.05) is 17.7 Å². The van der Waals surface area contributed by atoms with Crippen LogP contribution in [0.2, 0.25) is 0 Å². The van der Waals surface area contributed by atoms with Crippen LogP contribution in [0.15, 0.2) is 54.6 Å². The van der Waals surface area contributed by atoms with E-state index < -0.39 is 0 Å². The number of allylic oxidation sites excluding steroid dienone is 2. The average molecular weight is 351 g/mol. The van der Waals surface area contributed by atoms with Crippen molar-refractivity contribution in [1.29, 1.82) is 0 Å². The molecular weight excluding hydrogens is 330 g/mol. The lowest BCUT2D eigenvalue weighted by molar-refractivity contribution is -0.120. The number of anilines is 1. The number of benzene rings is 2. The average Bonchev–Trinajstić information content (AvgIpc) is 3.15. The molecule has 5 heteroatoms. The molecule has 0 spiro atoms. The van der Waals surface area contributed by atoms with E-state index in [-0.39, 0.29) is 18.6 Å². The first-order chi connectivity index (χ1) is 12.8. The molecule has 0 unspecified atom stereocenters. The van der Waals surface area contributed by atoms with E-state index in [4.69, 9.17) is 14.2 Å². The summed E-state index contributed by atoms with van der Waals surface area (Å²) in [4.78, 5) is 12.4. The minimum Gasteiger partial charge on any atom is -0.489 e. The van der Waals surface area contributed by atoms with Crippen LogP contribution in [0.1, 0.15) is 24.8 Å². The molecule has 1 heterocycles. The van der Waals surface area contributed by atoms with Crippen LogP contribution in [0.25, 0.3) is 0 Å². The van der Waals surface area contributed by atoms with Gasteiger partial charge in [0.1, 0.15) is 12.4 Å². The molecule has 2 aliphatic rings. The molecule has 1 N–H and O–H groups in total. The van der Waals surface area contributed by atoms with Gasteiger partial charge in [-0.1, -0.05) is 24.3 Å². The first-order valence-corrected chi connectivity index (χ1v) is 8.85. The molecule has 26 heavy (non-hydrogen) atoms. The van der Waals surface area contributed by atoms with Gasteiger partial charge in [-0.2, -0.15) is 0 Å². The highest BCUT2D eigenvalue weighted by atomic mass is 16.7. The number of ether oxygens (including phenoxy) is 3. The van der Waals surface area contributed by atoms with Crippen LogP contribution in [-0.4, -0.2) is 12.7 Å². The van der Waals surface area contributed by atoms with Gasteiger partial charge in [0.15, 0.2) is 11.5 Å². The molecule has 0 radical (unpaired) electrons. The van der Waals surface area contributed by atoms with E-state index in [2.05, 4.69) is 17.5 Å². The van der Waals surface area contributed by atoms with E-state index in [1.54, 1.807) is 0 Å². The Labute approximate surface area is 152 Å². The van der Waals surface area contributed by atoms with Gasteiger partial charge >= 0.3 is 0 Å². The Morgan fingerprint density at radius 3 is 2.92 bits per heavy atom. The number of fused-ring (bicyclic) bond motifs is 1. The first-order valence-electron chi connectivity index (χ1n) is 8.85. The number of hydrogen-bond donors (Lipinski definition) is 1. The van der Waals surface area contributed by atoms with Crippen molar-refractivity contribution in [1.82, 2.24) is 0 Å². The Morgan fingerprint density at radius 2 is 2.04 bits per heavy atom. The Morgan fingerprint density at radius 1 is 1.12 bits per heavy atom. The van der Waals surface area contributed by atoms with Gasteiger partial charge in [-0.05, 0) is 49.1 Å². The second-order valence-electron chi connectivity index (χ2n) is 6.47. The summed E-state index contributed by atoms with van der Waals surface area (Å²) in [5.74, 6) is 2.30. The van der Waals surface area contributed by atoms with Gasteiger partial charge in [-0.25, -0.2) is 0 Å². The summed E-state index contributed by atoms with van der Waals surface area (Å²) < 4.78 is 16.5. The largest absolute Gasteiger partial charge is 0.489 e. The quantitative estimate of drug-likeness (QED) is 0.817. The number of carbonyl (C=O) groups excluding carboxylic acids is 1. The summed E-state index contributed by atoms with van der Waals surface area (Å²) in [5, 5.41) is 3.02. The third kappa shape index (κ3) is 3.82. The van der Waals surface area contributed by atoms with Crippen molar-refractivity contribution in [3.05, 3.63) is 60.2 Å². The molecule has 0 saturated heterocycles. The highest BCUT2D eigenvalue weighted by Gasteiger charge is 2.18. The van der Waals surface area contributed by atoms with Crippen LogP contribution in [0.5, 0.6) is 17.2 Å².